The van der Waals surface area contributed by atoms with Crippen molar-refractivity contribution < 1.29 is 28.5 Å². The van der Waals surface area contributed by atoms with Crippen LogP contribution in [-0.4, -0.2) is 52.7 Å². The molecule has 0 fully saturated rings. The Balaban J connectivity index is 1.77. The summed E-state index contributed by atoms with van der Waals surface area (Å²) in [5.41, 5.74) is 6.28. The van der Waals surface area contributed by atoms with Crippen LogP contribution in [0.25, 0.3) is 0 Å². The third kappa shape index (κ3) is 8.55. The van der Waals surface area contributed by atoms with Crippen LogP contribution >= 0.6 is 31.9 Å². The van der Waals surface area contributed by atoms with E-state index in [0.717, 1.165) is 0 Å². The molecule has 2 rings (SSSR count). The van der Waals surface area contributed by atoms with Crippen molar-refractivity contribution in [3.63, 3.8) is 0 Å². The highest BCUT2D eigenvalue weighted by atomic mass is 79.9. The molecule has 2 aromatic rings. The molecule has 188 valence electrons. The number of hydrogen-bond acceptors (Lipinski definition) is 8. The smallest absolute Gasteiger partial charge is 0.240 e. The Hall–Kier alpha value is -3.12. The number of nitrogens with one attached hydrogen (secondary N) is 2. The fourth-order valence-corrected chi connectivity index (χ4v) is 4.15. The number of hydrogen-bond donors (Lipinski definition) is 2. The molecule has 0 radical (unpaired) electrons. The molecule has 0 atom stereocenters. The van der Waals surface area contributed by atoms with Gasteiger partial charge in [-0.1, -0.05) is 0 Å². The monoisotopic (exact) mass is 612 g/mol. The van der Waals surface area contributed by atoms with E-state index >= 15 is 0 Å². The van der Waals surface area contributed by atoms with Gasteiger partial charge in [-0.05, 0) is 73.7 Å². The van der Waals surface area contributed by atoms with E-state index < -0.39 is 0 Å². The molecular weight excluding hydrogens is 588 g/mol. The van der Waals surface area contributed by atoms with E-state index in [1.807, 2.05) is 0 Å². The summed E-state index contributed by atoms with van der Waals surface area (Å²) >= 11 is 6.80. The first kappa shape index (κ1) is 28.1. The van der Waals surface area contributed by atoms with Gasteiger partial charge in [0.25, 0.3) is 0 Å². The summed E-state index contributed by atoms with van der Waals surface area (Å²) in [6, 6.07) is 7.01. The quantitative estimate of drug-likeness (QED) is 0.276. The van der Waals surface area contributed by atoms with E-state index in [4.69, 9.17) is 18.9 Å². The van der Waals surface area contributed by atoms with Crippen molar-refractivity contribution in [2.24, 2.45) is 10.2 Å². The molecule has 0 aliphatic rings. The highest BCUT2D eigenvalue weighted by molar-refractivity contribution is 9.11. The Morgan fingerprint density at radius 2 is 1.14 bits per heavy atom. The van der Waals surface area contributed by atoms with Gasteiger partial charge < -0.3 is 18.9 Å². The molecule has 0 aliphatic heterocycles. The predicted molar refractivity (Wildman–Crippen MR) is 140 cm³/mol. The van der Waals surface area contributed by atoms with E-state index in [1.54, 1.807) is 38.5 Å². The first-order chi connectivity index (χ1) is 16.8. The average molecular weight is 614 g/mol. The summed E-state index contributed by atoms with van der Waals surface area (Å²) in [7, 11) is 6.15. The number of carbonyl (C=O) groups is 2. The number of carbonyl (C=O) groups excluding carboxylic acids is 2. The maximum absolute atomic E-state index is 12.0. The van der Waals surface area contributed by atoms with Crippen molar-refractivity contribution >= 4 is 56.1 Å². The fraction of sp³-hybridized carbons (Fsp3) is 0.304. The van der Waals surface area contributed by atoms with Crippen LogP contribution in [0.4, 0.5) is 0 Å². The molecule has 2 N–H and O–H groups in total. The zero-order valence-electron chi connectivity index (χ0n) is 19.7. The molecule has 0 aromatic heterocycles. The van der Waals surface area contributed by atoms with Gasteiger partial charge in [-0.15, -0.1) is 0 Å². The van der Waals surface area contributed by atoms with Crippen LogP contribution in [0, 0.1) is 0 Å². The van der Waals surface area contributed by atoms with Crippen LogP contribution < -0.4 is 29.8 Å². The van der Waals surface area contributed by atoms with Crippen molar-refractivity contribution in [1.29, 1.82) is 0 Å². The molecule has 0 spiro atoms. The molecular formula is C23H26Br2N4O6. The number of halogens is 2. The lowest BCUT2D eigenvalue weighted by Crippen LogP contribution is -2.20. The first-order valence-corrected chi connectivity index (χ1v) is 11.9. The molecule has 0 saturated heterocycles. The zero-order chi connectivity index (χ0) is 25.8. The second kappa shape index (κ2) is 14.3. The molecule has 0 saturated carbocycles. The van der Waals surface area contributed by atoms with E-state index in [1.165, 1.54) is 26.6 Å². The van der Waals surface area contributed by atoms with E-state index in [-0.39, 0.29) is 24.7 Å². The van der Waals surface area contributed by atoms with Gasteiger partial charge in [0, 0.05) is 12.8 Å². The van der Waals surface area contributed by atoms with Crippen molar-refractivity contribution in [2.75, 3.05) is 28.4 Å². The Bertz CT molecular complexity index is 1020. The molecule has 2 amide bonds. The minimum Gasteiger partial charge on any atom is -0.493 e. The highest BCUT2D eigenvalue weighted by Crippen LogP contribution is 2.36. The molecule has 12 heteroatoms. The number of amides is 2. The first-order valence-electron chi connectivity index (χ1n) is 10.3. The zero-order valence-corrected chi connectivity index (χ0v) is 22.9. The lowest BCUT2D eigenvalue weighted by atomic mass is 10.2. The van der Waals surface area contributed by atoms with Crippen LogP contribution in [0.5, 0.6) is 23.0 Å². The highest BCUT2D eigenvalue weighted by Gasteiger charge is 2.11. The Kier molecular flexibility index (Phi) is 11.5. The lowest BCUT2D eigenvalue weighted by Gasteiger charge is -2.10. The van der Waals surface area contributed by atoms with Gasteiger partial charge in [0.15, 0.2) is 23.0 Å². The lowest BCUT2D eigenvalue weighted by molar-refractivity contribution is -0.122. The number of rotatable bonds is 12. The van der Waals surface area contributed by atoms with Crippen molar-refractivity contribution in [1.82, 2.24) is 10.9 Å². The Morgan fingerprint density at radius 1 is 0.743 bits per heavy atom. The Labute approximate surface area is 220 Å². The van der Waals surface area contributed by atoms with E-state index in [2.05, 4.69) is 52.9 Å². The largest absolute Gasteiger partial charge is 0.493 e. The minimum atomic E-state index is -0.313. The third-order valence-corrected chi connectivity index (χ3v) is 5.70. The van der Waals surface area contributed by atoms with Gasteiger partial charge in [-0.3, -0.25) is 9.59 Å². The maximum atomic E-state index is 12.0. The molecule has 10 nitrogen and oxygen atoms in total. The third-order valence-electron chi connectivity index (χ3n) is 4.53. The van der Waals surface area contributed by atoms with Crippen molar-refractivity contribution in [2.45, 2.75) is 19.3 Å². The number of hydrazone groups is 2. The summed E-state index contributed by atoms with van der Waals surface area (Å²) in [5.74, 6) is 1.56. The SMILES string of the molecule is COc1cc(C=NNC(=O)CCCC(=O)NN=Cc2cc(Br)c(OC)c(OC)c2)cc(Br)c1OC. The molecule has 2 aromatic carbocycles. The van der Waals surface area contributed by atoms with Gasteiger partial charge in [-0.25, -0.2) is 10.9 Å². The van der Waals surface area contributed by atoms with Crippen molar-refractivity contribution in [3.05, 3.63) is 44.3 Å². The topological polar surface area (TPSA) is 120 Å². The van der Waals surface area contributed by atoms with Crippen LogP contribution in [0.2, 0.25) is 0 Å². The summed E-state index contributed by atoms with van der Waals surface area (Å²) < 4.78 is 22.5. The number of nitrogens with zero attached hydrogens (tertiary/aromatic N) is 2. The number of methoxy groups -OCH3 is 4. The van der Waals surface area contributed by atoms with Crippen LogP contribution in [0.15, 0.2) is 43.4 Å². The second-order valence-electron chi connectivity index (χ2n) is 6.92. The molecule has 0 unspecified atom stereocenters. The van der Waals surface area contributed by atoms with Gasteiger partial charge in [0.1, 0.15) is 0 Å². The Morgan fingerprint density at radius 3 is 1.49 bits per heavy atom. The number of benzene rings is 2. The molecule has 35 heavy (non-hydrogen) atoms. The van der Waals surface area contributed by atoms with Gasteiger partial charge in [-0.2, -0.15) is 10.2 Å². The van der Waals surface area contributed by atoms with Crippen LogP contribution in [0.1, 0.15) is 30.4 Å². The second-order valence-corrected chi connectivity index (χ2v) is 8.63. The standard InChI is InChI=1S/C23H26Br2N4O6/c1-32-18-10-14(8-16(24)22(18)34-3)12-26-28-20(30)6-5-7-21(31)29-27-13-15-9-17(25)23(35-4)19(11-15)33-2/h8-13H,5-7H2,1-4H3,(H,28,30)(H,29,31). The summed E-state index contributed by atoms with van der Waals surface area (Å²) in [6.07, 6.45) is 3.57. The van der Waals surface area contributed by atoms with Gasteiger partial charge >= 0.3 is 0 Å². The van der Waals surface area contributed by atoms with E-state index in [0.29, 0.717) is 49.5 Å². The summed E-state index contributed by atoms with van der Waals surface area (Å²) in [6.45, 7) is 0. The van der Waals surface area contributed by atoms with Crippen molar-refractivity contribution in [3.8, 4) is 23.0 Å². The van der Waals surface area contributed by atoms with Gasteiger partial charge in [0.2, 0.25) is 11.8 Å². The van der Waals surface area contributed by atoms with Crippen LogP contribution in [0.3, 0.4) is 0 Å². The fourth-order valence-electron chi connectivity index (χ4n) is 2.90. The predicted octanol–water partition coefficient (Wildman–Crippen LogP) is 4.02. The molecule has 0 aliphatic carbocycles. The van der Waals surface area contributed by atoms with Crippen LogP contribution in [-0.2, 0) is 9.59 Å². The molecule has 0 heterocycles. The maximum Gasteiger partial charge on any atom is 0.240 e. The normalized spacial score (nSPS) is 10.9. The average Bonchev–Trinajstić information content (AvgIpc) is 2.83. The minimum absolute atomic E-state index is 0.132. The van der Waals surface area contributed by atoms with Gasteiger partial charge in [0.05, 0.1) is 49.8 Å². The summed E-state index contributed by atoms with van der Waals surface area (Å²) in [4.78, 5) is 24.0. The number of ether oxygens (including phenoxy) is 4. The summed E-state index contributed by atoms with van der Waals surface area (Å²) in [5, 5.41) is 7.88. The molecule has 0 bridgehead atoms. The van der Waals surface area contributed by atoms with E-state index in [9.17, 15) is 9.59 Å².